The first-order valence-corrected chi connectivity index (χ1v) is 11.7. The van der Waals surface area contributed by atoms with Crippen LogP contribution in [0.1, 0.15) is 12.5 Å². The largest absolute Gasteiger partial charge is 0.497 e. The summed E-state index contributed by atoms with van der Waals surface area (Å²) in [6, 6.07) is 18.0. The van der Waals surface area contributed by atoms with E-state index in [2.05, 4.69) is 5.32 Å². The monoisotopic (exact) mass is 472 g/mol. The molecule has 0 unspecified atom stereocenters. The Morgan fingerprint density at radius 2 is 1.55 bits per heavy atom. The van der Waals surface area contributed by atoms with E-state index >= 15 is 0 Å². The Hall–Kier alpha value is -3.59. The lowest BCUT2D eigenvalue weighted by Crippen LogP contribution is -2.40. The molecular weight excluding hydrogens is 447 g/mol. The van der Waals surface area contributed by atoms with Crippen LogP contribution in [0.5, 0.6) is 11.5 Å². The summed E-state index contributed by atoms with van der Waals surface area (Å²) in [7, 11) is -2.63. The Morgan fingerprint density at radius 1 is 0.939 bits per heavy atom. The van der Waals surface area contributed by atoms with Gasteiger partial charge in [-0.05, 0) is 73.2 Å². The maximum absolute atomic E-state index is 13.4. The Bertz CT molecular complexity index is 1160. The molecule has 0 radical (unpaired) electrons. The van der Waals surface area contributed by atoms with Gasteiger partial charge < -0.3 is 14.8 Å². The molecular formula is C24H25FN2O5S. The van der Waals surface area contributed by atoms with Crippen LogP contribution >= 0.6 is 0 Å². The molecule has 3 rings (SSSR count). The van der Waals surface area contributed by atoms with Crippen LogP contribution in [0.3, 0.4) is 0 Å². The van der Waals surface area contributed by atoms with Gasteiger partial charge in [0.2, 0.25) is 5.91 Å². The van der Waals surface area contributed by atoms with Crippen molar-refractivity contribution in [1.29, 1.82) is 0 Å². The van der Waals surface area contributed by atoms with E-state index in [1.807, 2.05) is 19.1 Å². The van der Waals surface area contributed by atoms with E-state index in [0.29, 0.717) is 12.4 Å². The van der Waals surface area contributed by atoms with E-state index in [-0.39, 0.29) is 17.1 Å². The fourth-order valence-electron chi connectivity index (χ4n) is 3.05. The minimum Gasteiger partial charge on any atom is -0.497 e. The highest BCUT2D eigenvalue weighted by molar-refractivity contribution is 7.92. The zero-order chi connectivity index (χ0) is 23.8. The molecule has 7 nitrogen and oxygen atoms in total. The third kappa shape index (κ3) is 6.23. The van der Waals surface area contributed by atoms with Crippen molar-refractivity contribution >= 4 is 21.6 Å². The quantitative estimate of drug-likeness (QED) is 0.486. The Kier molecular flexibility index (Phi) is 7.89. The van der Waals surface area contributed by atoms with Gasteiger partial charge in [-0.15, -0.1) is 0 Å². The minimum atomic E-state index is -4.10. The second kappa shape index (κ2) is 10.8. The lowest BCUT2D eigenvalue weighted by molar-refractivity contribution is -0.119. The molecule has 0 aliphatic carbocycles. The number of nitrogens with zero attached hydrogens (tertiary/aromatic N) is 1. The van der Waals surface area contributed by atoms with Gasteiger partial charge in [0.1, 0.15) is 23.9 Å². The first-order chi connectivity index (χ1) is 15.8. The molecule has 0 heterocycles. The molecule has 1 amide bonds. The van der Waals surface area contributed by atoms with Crippen LogP contribution in [0.15, 0.2) is 77.7 Å². The highest BCUT2D eigenvalue weighted by Gasteiger charge is 2.27. The number of amides is 1. The number of methoxy groups -OCH3 is 1. The van der Waals surface area contributed by atoms with Gasteiger partial charge in [0.15, 0.2) is 0 Å². The number of nitrogens with one attached hydrogen (secondary N) is 1. The lowest BCUT2D eigenvalue weighted by atomic mass is 10.2. The summed E-state index contributed by atoms with van der Waals surface area (Å²) in [6.45, 7) is 2.18. The zero-order valence-electron chi connectivity index (χ0n) is 18.3. The normalized spacial score (nSPS) is 11.0. The van der Waals surface area contributed by atoms with Crippen molar-refractivity contribution in [3.05, 3.63) is 84.2 Å². The molecule has 3 aromatic carbocycles. The number of benzene rings is 3. The molecule has 9 heteroatoms. The number of halogens is 1. The van der Waals surface area contributed by atoms with Crippen LogP contribution in [0.4, 0.5) is 10.1 Å². The topological polar surface area (TPSA) is 84.9 Å². The van der Waals surface area contributed by atoms with Crippen molar-refractivity contribution < 1.29 is 27.1 Å². The Balaban J connectivity index is 1.79. The van der Waals surface area contributed by atoms with Gasteiger partial charge in [0.25, 0.3) is 10.0 Å². The SMILES string of the molecule is CCOc1ccc(CNC(=O)CN(c2ccc(F)cc2)S(=O)(=O)c2ccc(OC)cc2)cc1. The number of rotatable bonds is 10. The second-order valence-electron chi connectivity index (χ2n) is 7.02. The molecule has 0 atom stereocenters. The number of hydrogen-bond acceptors (Lipinski definition) is 5. The van der Waals surface area contributed by atoms with E-state index in [1.54, 1.807) is 12.1 Å². The molecule has 1 N–H and O–H groups in total. The van der Waals surface area contributed by atoms with E-state index < -0.39 is 28.3 Å². The van der Waals surface area contributed by atoms with Crippen molar-refractivity contribution in [3.8, 4) is 11.5 Å². The molecule has 0 fully saturated rings. The van der Waals surface area contributed by atoms with E-state index in [4.69, 9.17) is 9.47 Å². The molecule has 174 valence electrons. The summed E-state index contributed by atoms with van der Waals surface area (Å²) in [4.78, 5) is 12.7. The number of sulfonamides is 1. The molecule has 0 aliphatic heterocycles. The Morgan fingerprint density at radius 3 is 2.12 bits per heavy atom. The summed E-state index contributed by atoms with van der Waals surface area (Å²) in [5.41, 5.74) is 1.00. The highest BCUT2D eigenvalue weighted by Crippen LogP contribution is 2.25. The molecule has 0 spiro atoms. The van der Waals surface area contributed by atoms with Gasteiger partial charge in [-0.2, -0.15) is 0 Å². The zero-order valence-corrected chi connectivity index (χ0v) is 19.1. The summed E-state index contributed by atoms with van der Waals surface area (Å²) >= 11 is 0. The third-order valence-electron chi connectivity index (χ3n) is 4.77. The number of hydrogen-bond donors (Lipinski definition) is 1. The fraction of sp³-hybridized carbons (Fsp3) is 0.208. The molecule has 3 aromatic rings. The Labute approximate surface area is 192 Å². The summed E-state index contributed by atoms with van der Waals surface area (Å²) in [5, 5.41) is 2.72. The van der Waals surface area contributed by atoms with Gasteiger partial charge in [-0.1, -0.05) is 12.1 Å². The molecule has 0 saturated heterocycles. The van der Waals surface area contributed by atoms with E-state index in [0.717, 1.165) is 27.8 Å². The van der Waals surface area contributed by atoms with Crippen LogP contribution in [-0.4, -0.2) is 34.6 Å². The number of ether oxygens (including phenoxy) is 2. The van der Waals surface area contributed by atoms with Gasteiger partial charge in [0, 0.05) is 6.54 Å². The number of carbonyl (C=O) groups is 1. The van der Waals surface area contributed by atoms with Gasteiger partial charge >= 0.3 is 0 Å². The van der Waals surface area contributed by atoms with Gasteiger partial charge in [-0.25, -0.2) is 12.8 Å². The van der Waals surface area contributed by atoms with Crippen molar-refractivity contribution in [2.75, 3.05) is 24.6 Å². The van der Waals surface area contributed by atoms with Crippen LogP contribution in [-0.2, 0) is 21.4 Å². The average Bonchev–Trinajstić information content (AvgIpc) is 2.83. The fourth-order valence-corrected chi connectivity index (χ4v) is 4.48. The third-order valence-corrected chi connectivity index (χ3v) is 6.56. The van der Waals surface area contributed by atoms with Gasteiger partial charge in [0.05, 0.1) is 24.3 Å². The molecule has 33 heavy (non-hydrogen) atoms. The smallest absolute Gasteiger partial charge is 0.264 e. The van der Waals surface area contributed by atoms with Crippen LogP contribution in [0.2, 0.25) is 0 Å². The highest BCUT2D eigenvalue weighted by atomic mass is 32.2. The standard InChI is InChI=1S/C24H25FN2O5S/c1-3-32-22-10-4-18(5-11-22)16-26-24(28)17-27(20-8-6-19(25)7-9-20)33(29,30)23-14-12-21(31-2)13-15-23/h4-15H,3,16-17H2,1-2H3,(H,26,28). The maximum atomic E-state index is 13.4. The number of anilines is 1. The lowest BCUT2D eigenvalue weighted by Gasteiger charge is -2.24. The van der Waals surface area contributed by atoms with Crippen LogP contribution in [0.25, 0.3) is 0 Å². The molecule has 0 aliphatic rings. The van der Waals surface area contributed by atoms with E-state index in [9.17, 15) is 17.6 Å². The van der Waals surface area contributed by atoms with Crippen molar-refractivity contribution in [2.45, 2.75) is 18.4 Å². The van der Waals surface area contributed by atoms with Crippen molar-refractivity contribution in [1.82, 2.24) is 5.32 Å². The number of carbonyl (C=O) groups excluding carboxylic acids is 1. The predicted octanol–water partition coefficient (Wildman–Crippen LogP) is 3.74. The molecule has 0 aromatic heterocycles. The molecule has 0 bridgehead atoms. The minimum absolute atomic E-state index is 0.0214. The molecule has 0 saturated carbocycles. The maximum Gasteiger partial charge on any atom is 0.264 e. The van der Waals surface area contributed by atoms with Crippen LogP contribution in [0, 0.1) is 5.82 Å². The van der Waals surface area contributed by atoms with E-state index in [1.165, 1.54) is 43.5 Å². The summed E-state index contributed by atoms with van der Waals surface area (Å²) in [6.07, 6.45) is 0. The second-order valence-corrected chi connectivity index (χ2v) is 8.88. The van der Waals surface area contributed by atoms with Crippen LogP contribution < -0.4 is 19.1 Å². The van der Waals surface area contributed by atoms with Gasteiger partial charge in [-0.3, -0.25) is 9.10 Å². The first-order valence-electron chi connectivity index (χ1n) is 10.2. The predicted molar refractivity (Wildman–Crippen MR) is 123 cm³/mol. The summed E-state index contributed by atoms with van der Waals surface area (Å²) in [5.74, 6) is 0.196. The van der Waals surface area contributed by atoms with Crippen molar-refractivity contribution in [3.63, 3.8) is 0 Å². The summed E-state index contributed by atoms with van der Waals surface area (Å²) < 4.78 is 51.5. The van der Waals surface area contributed by atoms with Crippen molar-refractivity contribution in [2.24, 2.45) is 0 Å². The average molecular weight is 473 g/mol. The first kappa shape index (κ1) is 24.1.